The molecule has 1 heterocycles. The predicted molar refractivity (Wildman–Crippen MR) is 67.5 cm³/mol. The van der Waals surface area contributed by atoms with Gasteiger partial charge in [-0.1, -0.05) is 13.8 Å². The Morgan fingerprint density at radius 1 is 1.25 bits per heavy atom. The molecule has 2 heteroatoms. The lowest BCUT2D eigenvalue weighted by Crippen LogP contribution is -2.62. The van der Waals surface area contributed by atoms with Crippen LogP contribution in [0.25, 0.3) is 0 Å². The lowest BCUT2D eigenvalue weighted by atomic mass is 9.94. The largest absolute Gasteiger partial charge is 0.311 e. The van der Waals surface area contributed by atoms with Gasteiger partial charge in [-0.25, -0.2) is 0 Å². The highest BCUT2D eigenvalue weighted by atomic mass is 15.3. The van der Waals surface area contributed by atoms with Crippen molar-refractivity contribution in [3.05, 3.63) is 0 Å². The minimum atomic E-state index is 0.560. The van der Waals surface area contributed by atoms with E-state index in [2.05, 4.69) is 31.0 Å². The molecular weight excluding hydrogens is 196 g/mol. The molecule has 0 radical (unpaired) electrons. The highest BCUT2D eigenvalue weighted by Crippen LogP contribution is 2.45. The first-order valence-electron chi connectivity index (χ1n) is 7.10. The van der Waals surface area contributed by atoms with Gasteiger partial charge in [-0.3, -0.25) is 4.90 Å². The van der Waals surface area contributed by atoms with Crippen LogP contribution in [0.15, 0.2) is 0 Å². The Morgan fingerprint density at radius 2 is 1.94 bits per heavy atom. The molecule has 0 aromatic rings. The van der Waals surface area contributed by atoms with Crippen molar-refractivity contribution in [1.29, 1.82) is 0 Å². The van der Waals surface area contributed by atoms with Crippen molar-refractivity contribution < 1.29 is 0 Å². The van der Waals surface area contributed by atoms with Crippen molar-refractivity contribution in [1.82, 2.24) is 10.2 Å². The predicted octanol–water partition coefficient (Wildman–Crippen LogP) is 2.25. The van der Waals surface area contributed by atoms with Crippen molar-refractivity contribution in [3.8, 4) is 0 Å². The molecule has 0 bridgehead atoms. The highest BCUT2D eigenvalue weighted by molar-refractivity contribution is 5.07. The summed E-state index contributed by atoms with van der Waals surface area (Å²) >= 11 is 0. The van der Waals surface area contributed by atoms with Gasteiger partial charge in [0.25, 0.3) is 0 Å². The molecule has 3 fully saturated rings. The molecule has 0 aromatic heterocycles. The molecule has 3 rings (SSSR count). The maximum absolute atomic E-state index is 3.80. The first-order chi connectivity index (χ1) is 7.60. The zero-order valence-electron chi connectivity index (χ0n) is 11.0. The van der Waals surface area contributed by atoms with Gasteiger partial charge < -0.3 is 5.32 Å². The summed E-state index contributed by atoms with van der Waals surface area (Å²) in [6.45, 7) is 9.75. The van der Waals surface area contributed by atoms with Crippen LogP contribution in [0.3, 0.4) is 0 Å². The average Bonchev–Trinajstić information content (AvgIpc) is 3.11. The van der Waals surface area contributed by atoms with E-state index in [-0.39, 0.29) is 0 Å². The Labute approximate surface area is 99.8 Å². The van der Waals surface area contributed by atoms with Crippen LogP contribution in [0, 0.1) is 11.8 Å². The van der Waals surface area contributed by atoms with Crippen molar-refractivity contribution >= 4 is 0 Å². The summed E-state index contributed by atoms with van der Waals surface area (Å²) in [6.07, 6.45) is 5.78. The van der Waals surface area contributed by atoms with Crippen molar-refractivity contribution in [2.45, 2.75) is 64.1 Å². The maximum Gasteiger partial charge on any atom is 0.0249 e. The summed E-state index contributed by atoms with van der Waals surface area (Å²) in [5.41, 5.74) is 0.560. The Bertz CT molecular complexity index is 266. The fraction of sp³-hybridized carbons (Fsp3) is 1.00. The standard InChI is InChI=1S/C14H26N2/c1-10(2)13-8-15-12(11-4-5-11)9-16(13)14(3)6-7-14/h10-13,15H,4-9H2,1-3H3. The number of nitrogens with one attached hydrogen (secondary N) is 1. The van der Waals surface area contributed by atoms with Crippen LogP contribution in [-0.4, -0.2) is 35.6 Å². The SMILES string of the molecule is CC(C)C1CNC(C2CC2)CN1C1(C)CC1. The molecule has 2 aliphatic carbocycles. The molecule has 0 spiro atoms. The molecule has 2 saturated carbocycles. The topological polar surface area (TPSA) is 15.3 Å². The molecule has 0 aromatic carbocycles. The van der Waals surface area contributed by atoms with E-state index in [9.17, 15) is 0 Å². The van der Waals surface area contributed by atoms with Gasteiger partial charge in [-0.15, -0.1) is 0 Å². The molecule has 92 valence electrons. The minimum Gasteiger partial charge on any atom is -0.311 e. The summed E-state index contributed by atoms with van der Waals surface area (Å²) in [7, 11) is 0. The van der Waals surface area contributed by atoms with Crippen LogP contribution in [0.5, 0.6) is 0 Å². The summed E-state index contributed by atoms with van der Waals surface area (Å²) in [6, 6.07) is 1.56. The Kier molecular flexibility index (Phi) is 2.56. The molecule has 1 N–H and O–H groups in total. The van der Waals surface area contributed by atoms with Crippen molar-refractivity contribution in [2.24, 2.45) is 11.8 Å². The van der Waals surface area contributed by atoms with Crippen LogP contribution in [0.4, 0.5) is 0 Å². The second-order valence-electron chi connectivity index (χ2n) is 6.81. The fourth-order valence-electron chi connectivity index (χ4n) is 3.29. The Morgan fingerprint density at radius 3 is 2.44 bits per heavy atom. The Balaban J connectivity index is 1.71. The number of hydrogen-bond donors (Lipinski definition) is 1. The number of nitrogens with zero attached hydrogens (tertiary/aromatic N) is 1. The summed E-state index contributed by atoms with van der Waals surface area (Å²) in [5.74, 6) is 1.78. The zero-order chi connectivity index (χ0) is 11.3. The van der Waals surface area contributed by atoms with Crippen LogP contribution in [0.1, 0.15) is 46.5 Å². The molecular formula is C14H26N2. The smallest absolute Gasteiger partial charge is 0.0249 e. The van der Waals surface area contributed by atoms with Crippen LogP contribution >= 0.6 is 0 Å². The van der Waals surface area contributed by atoms with E-state index in [4.69, 9.17) is 0 Å². The van der Waals surface area contributed by atoms with E-state index < -0.39 is 0 Å². The molecule has 0 amide bonds. The van der Waals surface area contributed by atoms with Crippen molar-refractivity contribution in [2.75, 3.05) is 13.1 Å². The number of hydrogen-bond acceptors (Lipinski definition) is 2. The summed E-state index contributed by atoms with van der Waals surface area (Å²) < 4.78 is 0. The third kappa shape index (κ3) is 1.91. The third-order valence-corrected chi connectivity index (χ3v) is 5.01. The molecule has 3 aliphatic rings. The van der Waals surface area contributed by atoms with Crippen molar-refractivity contribution in [3.63, 3.8) is 0 Å². The lowest BCUT2D eigenvalue weighted by molar-refractivity contribution is 0.0461. The van der Waals surface area contributed by atoms with Gasteiger partial charge in [0.05, 0.1) is 0 Å². The van der Waals surface area contributed by atoms with E-state index in [1.807, 2.05) is 0 Å². The Hall–Kier alpha value is -0.0800. The normalized spacial score (nSPS) is 39.0. The van der Waals surface area contributed by atoms with Crippen LogP contribution < -0.4 is 5.32 Å². The minimum absolute atomic E-state index is 0.560. The maximum atomic E-state index is 3.80. The first kappa shape index (κ1) is 11.0. The molecule has 2 atom stereocenters. The molecule has 1 saturated heterocycles. The highest BCUT2D eigenvalue weighted by Gasteiger charge is 2.50. The van der Waals surface area contributed by atoms with Gasteiger partial charge in [0.2, 0.25) is 0 Å². The third-order valence-electron chi connectivity index (χ3n) is 5.01. The summed E-state index contributed by atoms with van der Waals surface area (Å²) in [5, 5.41) is 3.80. The fourth-order valence-corrected chi connectivity index (χ4v) is 3.29. The first-order valence-corrected chi connectivity index (χ1v) is 7.10. The van der Waals surface area contributed by atoms with Gasteiger partial charge in [0.15, 0.2) is 0 Å². The van der Waals surface area contributed by atoms with Crippen LogP contribution in [0.2, 0.25) is 0 Å². The average molecular weight is 222 g/mol. The molecule has 2 nitrogen and oxygen atoms in total. The molecule has 2 unspecified atom stereocenters. The van der Waals surface area contributed by atoms with Gasteiger partial charge >= 0.3 is 0 Å². The van der Waals surface area contributed by atoms with E-state index >= 15 is 0 Å². The van der Waals surface area contributed by atoms with E-state index in [1.165, 1.54) is 38.8 Å². The van der Waals surface area contributed by atoms with Gasteiger partial charge in [0, 0.05) is 30.7 Å². The van der Waals surface area contributed by atoms with E-state index in [0.717, 1.165) is 23.9 Å². The second kappa shape index (κ2) is 3.71. The monoisotopic (exact) mass is 222 g/mol. The van der Waals surface area contributed by atoms with Crippen LogP contribution in [-0.2, 0) is 0 Å². The van der Waals surface area contributed by atoms with Gasteiger partial charge in [0.1, 0.15) is 0 Å². The number of rotatable bonds is 3. The van der Waals surface area contributed by atoms with Gasteiger partial charge in [-0.05, 0) is 44.4 Å². The second-order valence-corrected chi connectivity index (χ2v) is 6.81. The van der Waals surface area contributed by atoms with E-state index in [0.29, 0.717) is 5.54 Å². The quantitative estimate of drug-likeness (QED) is 0.788. The summed E-state index contributed by atoms with van der Waals surface area (Å²) in [4.78, 5) is 2.84. The molecule has 1 aliphatic heterocycles. The zero-order valence-corrected chi connectivity index (χ0v) is 11.0. The van der Waals surface area contributed by atoms with E-state index in [1.54, 1.807) is 0 Å². The lowest BCUT2D eigenvalue weighted by Gasteiger charge is -2.46. The van der Waals surface area contributed by atoms with Gasteiger partial charge in [-0.2, -0.15) is 0 Å². The molecule has 16 heavy (non-hydrogen) atoms. The number of piperazine rings is 1.